The Morgan fingerprint density at radius 3 is 2.30 bits per heavy atom. The van der Waals surface area contributed by atoms with Gasteiger partial charge in [-0.1, -0.05) is 30.3 Å². The van der Waals surface area contributed by atoms with Crippen LogP contribution in [0.3, 0.4) is 0 Å². The number of benzene rings is 2. The highest BCUT2D eigenvalue weighted by Crippen LogP contribution is 2.34. The molecule has 0 aliphatic heterocycles. The Hall–Kier alpha value is -2.00. The Labute approximate surface area is 121 Å². The number of anilines is 2. The number of hydrogen-bond acceptors (Lipinski definition) is 3. The summed E-state index contributed by atoms with van der Waals surface area (Å²) in [6, 6.07) is 16.5. The van der Waals surface area contributed by atoms with Gasteiger partial charge >= 0.3 is 0 Å². The summed E-state index contributed by atoms with van der Waals surface area (Å²) < 4.78 is 5.44. The minimum Gasteiger partial charge on any atom is -0.495 e. The normalized spacial score (nSPS) is 12.0. The van der Waals surface area contributed by atoms with E-state index in [0.29, 0.717) is 0 Å². The highest BCUT2D eigenvalue weighted by molar-refractivity contribution is 5.70. The maximum absolute atomic E-state index is 5.95. The third-order valence-electron chi connectivity index (χ3n) is 3.34. The molecule has 0 bridgehead atoms. The maximum Gasteiger partial charge on any atom is 0.142 e. The van der Waals surface area contributed by atoms with Crippen molar-refractivity contribution in [2.75, 3.05) is 19.1 Å². The topological polar surface area (TPSA) is 38.5 Å². The lowest BCUT2D eigenvalue weighted by Gasteiger charge is -2.25. The Morgan fingerprint density at radius 2 is 1.65 bits per heavy atom. The van der Waals surface area contributed by atoms with E-state index >= 15 is 0 Å². The zero-order valence-electron chi connectivity index (χ0n) is 12.3. The third-order valence-corrected chi connectivity index (χ3v) is 3.34. The van der Waals surface area contributed by atoms with Gasteiger partial charge in [0.2, 0.25) is 0 Å². The van der Waals surface area contributed by atoms with E-state index in [9.17, 15) is 0 Å². The van der Waals surface area contributed by atoms with Crippen molar-refractivity contribution in [2.45, 2.75) is 19.4 Å². The summed E-state index contributed by atoms with van der Waals surface area (Å²) in [4.78, 5) is 2.15. The number of nitrogens with zero attached hydrogens (tertiary/aromatic N) is 1. The molecule has 2 aromatic carbocycles. The molecule has 0 heterocycles. The second-order valence-corrected chi connectivity index (χ2v) is 5.04. The zero-order valence-corrected chi connectivity index (χ0v) is 12.3. The van der Waals surface area contributed by atoms with Crippen molar-refractivity contribution in [1.29, 1.82) is 0 Å². The van der Waals surface area contributed by atoms with Crippen LogP contribution in [0.15, 0.2) is 48.5 Å². The summed E-state index contributed by atoms with van der Waals surface area (Å²) in [7, 11) is 3.75. The Balaban J connectivity index is 2.40. The molecule has 0 saturated heterocycles. The molecule has 2 aromatic rings. The molecule has 1 atom stereocenters. The molecule has 2 N–H and O–H groups in total. The number of ether oxygens (including phenoxy) is 1. The standard InChI is InChI=1S/C17H22N2O/c1-13(18)12-14-8-4-5-9-15(14)19(2)16-10-6-7-11-17(16)20-3/h4-11,13H,12,18H2,1-3H3. The molecule has 0 aliphatic carbocycles. The number of hydrogen-bond donors (Lipinski definition) is 1. The molecule has 0 spiro atoms. The van der Waals surface area contributed by atoms with Gasteiger partial charge in [-0.2, -0.15) is 0 Å². The van der Waals surface area contributed by atoms with E-state index in [2.05, 4.69) is 36.2 Å². The summed E-state index contributed by atoms with van der Waals surface area (Å²) in [6.45, 7) is 2.03. The Morgan fingerprint density at radius 1 is 1.05 bits per heavy atom. The van der Waals surface area contributed by atoms with Crippen molar-refractivity contribution >= 4 is 11.4 Å². The molecule has 1 unspecified atom stereocenters. The number of methoxy groups -OCH3 is 1. The Kier molecular flexibility index (Phi) is 4.64. The van der Waals surface area contributed by atoms with Gasteiger partial charge in [0.05, 0.1) is 12.8 Å². The van der Waals surface area contributed by atoms with Crippen molar-refractivity contribution < 1.29 is 4.74 Å². The van der Waals surface area contributed by atoms with Crippen LogP contribution in [0.25, 0.3) is 0 Å². The molecule has 0 amide bonds. The predicted octanol–water partition coefficient (Wildman–Crippen LogP) is 3.35. The van der Waals surface area contributed by atoms with Gasteiger partial charge in [0.25, 0.3) is 0 Å². The lowest BCUT2D eigenvalue weighted by Crippen LogP contribution is -2.20. The average Bonchev–Trinajstić information content (AvgIpc) is 2.46. The lowest BCUT2D eigenvalue weighted by atomic mass is 10.0. The summed E-state index contributed by atoms with van der Waals surface area (Å²) in [5, 5.41) is 0. The van der Waals surface area contributed by atoms with Gasteiger partial charge in [-0.15, -0.1) is 0 Å². The van der Waals surface area contributed by atoms with Crippen molar-refractivity contribution in [1.82, 2.24) is 0 Å². The molecule has 106 valence electrons. The van der Waals surface area contributed by atoms with Gasteiger partial charge in [0, 0.05) is 18.8 Å². The molecule has 0 aromatic heterocycles. The first-order valence-corrected chi connectivity index (χ1v) is 6.83. The molecular weight excluding hydrogens is 248 g/mol. The first-order valence-electron chi connectivity index (χ1n) is 6.83. The van der Waals surface area contributed by atoms with Crippen LogP contribution in [-0.2, 0) is 6.42 Å². The van der Waals surface area contributed by atoms with Crippen LogP contribution in [0.1, 0.15) is 12.5 Å². The summed E-state index contributed by atoms with van der Waals surface area (Å²) >= 11 is 0. The van der Waals surface area contributed by atoms with Crippen molar-refractivity contribution in [3.63, 3.8) is 0 Å². The van der Waals surface area contributed by atoms with Gasteiger partial charge in [-0.05, 0) is 37.1 Å². The van der Waals surface area contributed by atoms with E-state index in [1.54, 1.807) is 7.11 Å². The molecule has 0 fully saturated rings. The number of nitrogens with two attached hydrogens (primary N) is 1. The van der Waals surface area contributed by atoms with Crippen LogP contribution in [0.4, 0.5) is 11.4 Å². The van der Waals surface area contributed by atoms with Crippen LogP contribution < -0.4 is 15.4 Å². The quantitative estimate of drug-likeness (QED) is 0.905. The van der Waals surface area contributed by atoms with Gasteiger partial charge in [-0.25, -0.2) is 0 Å². The minimum atomic E-state index is 0.141. The molecule has 0 aliphatic rings. The largest absolute Gasteiger partial charge is 0.495 e. The number of rotatable bonds is 5. The van der Waals surface area contributed by atoms with Crippen LogP contribution in [0, 0.1) is 0 Å². The van der Waals surface area contributed by atoms with E-state index in [1.165, 1.54) is 5.56 Å². The fraction of sp³-hybridized carbons (Fsp3) is 0.294. The molecule has 20 heavy (non-hydrogen) atoms. The van der Waals surface area contributed by atoms with Crippen molar-refractivity contribution in [3.05, 3.63) is 54.1 Å². The summed E-state index contributed by atoms with van der Waals surface area (Å²) in [5.41, 5.74) is 9.40. The smallest absolute Gasteiger partial charge is 0.142 e. The van der Waals surface area contributed by atoms with E-state index in [4.69, 9.17) is 10.5 Å². The van der Waals surface area contributed by atoms with Gasteiger partial charge in [-0.3, -0.25) is 0 Å². The highest BCUT2D eigenvalue weighted by Gasteiger charge is 2.13. The highest BCUT2D eigenvalue weighted by atomic mass is 16.5. The first kappa shape index (κ1) is 14.4. The van der Waals surface area contributed by atoms with E-state index in [1.807, 2.05) is 31.2 Å². The van der Waals surface area contributed by atoms with Gasteiger partial charge in [0.1, 0.15) is 5.75 Å². The third kappa shape index (κ3) is 3.11. The fourth-order valence-corrected chi connectivity index (χ4v) is 2.39. The maximum atomic E-state index is 5.95. The van der Waals surface area contributed by atoms with Crippen LogP contribution in [0.5, 0.6) is 5.75 Å². The molecule has 2 rings (SSSR count). The van der Waals surface area contributed by atoms with Crippen LogP contribution >= 0.6 is 0 Å². The van der Waals surface area contributed by atoms with Crippen LogP contribution in [-0.4, -0.2) is 20.2 Å². The minimum absolute atomic E-state index is 0.141. The van der Waals surface area contributed by atoms with Crippen molar-refractivity contribution in [2.24, 2.45) is 5.73 Å². The molecule has 3 heteroatoms. The molecule has 3 nitrogen and oxygen atoms in total. The predicted molar refractivity (Wildman–Crippen MR) is 84.9 cm³/mol. The van der Waals surface area contributed by atoms with Gasteiger partial charge < -0.3 is 15.4 Å². The molecule has 0 saturated carbocycles. The van der Waals surface area contributed by atoms with E-state index in [-0.39, 0.29) is 6.04 Å². The monoisotopic (exact) mass is 270 g/mol. The molecular formula is C17H22N2O. The zero-order chi connectivity index (χ0) is 14.5. The van der Waals surface area contributed by atoms with E-state index < -0.39 is 0 Å². The number of para-hydroxylation sites is 3. The summed E-state index contributed by atoms with van der Waals surface area (Å²) in [6.07, 6.45) is 0.857. The SMILES string of the molecule is COc1ccccc1N(C)c1ccccc1CC(C)N. The fourth-order valence-electron chi connectivity index (χ4n) is 2.39. The van der Waals surface area contributed by atoms with Crippen molar-refractivity contribution in [3.8, 4) is 5.75 Å². The second kappa shape index (κ2) is 6.44. The summed E-state index contributed by atoms with van der Waals surface area (Å²) in [5.74, 6) is 0.866. The second-order valence-electron chi connectivity index (χ2n) is 5.04. The van der Waals surface area contributed by atoms with Gasteiger partial charge in [0.15, 0.2) is 0 Å². The lowest BCUT2D eigenvalue weighted by molar-refractivity contribution is 0.415. The average molecular weight is 270 g/mol. The first-order chi connectivity index (χ1) is 9.63. The molecule has 0 radical (unpaired) electrons. The van der Waals surface area contributed by atoms with E-state index in [0.717, 1.165) is 23.5 Å². The Bertz CT molecular complexity index is 566. The van der Waals surface area contributed by atoms with Crippen LogP contribution in [0.2, 0.25) is 0 Å².